The maximum atomic E-state index is 12.8. The summed E-state index contributed by atoms with van der Waals surface area (Å²) < 4.78 is 16.7. The fourth-order valence-electron chi connectivity index (χ4n) is 6.37. The molecule has 66 heavy (non-hydrogen) atoms. The molecule has 368 valence electrons. The Labute approximate surface area is 404 Å². The first-order chi connectivity index (χ1) is 32.5. The summed E-state index contributed by atoms with van der Waals surface area (Å²) >= 11 is 0. The number of ether oxygens (including phenoxy) is 3. The van der Waals surface area contributed by atoms with E-state index in [0.717, 1.165) is 128 Å². The average molecular weight is 909 g/mol. The minimum absolute atomic E-state index is 0.119. The number of carbonyl (C=O) groups is 3. The number of carbonyl (C=O) groups excluding carboxylic acids is 3. The summed E-state index contributed by atoms with van der Waals surface area (Å²) in [4.78, 5) is 38.0. The van der Waals surface area contributed by atoms with E-state index in [0.29, 0.717) is 12.8 Å². The van der Waals surface area contributed by atoms with Crippen molar-refractivity contribution in [3.05, 3.63) is 146 Å². The fraction of sp³-hybridized carbons (Fsp3) is 0.550. The molecular weight excluding hydrogens is 817 g/mol. The average Bonchev–Trinajstić information content (AvgIpc) is 3.31. The van der Waals surface area contributed by atoms with Crippen LogP contribution in [-0.2, 0) is 28.6 Å². The van der Waals surface area contributed by atoms with Crippen molar-refractivity contribution in [2.24, 2.45) is 0 Å². The molecule has 0 aliphatic heterocycles. The first kappa shape index (κ1) is 61.3. The van der Waals surface area contributed by atoms with Crippen LogP contribution >= 0.6 is 0 Å². The monoisotopic (exact) mass is 909 g/mol. The van der Waals surface area contributed by atoms with E-state index in [9.17, 15) is 14.4 Å². The van der Waals surface area contributed by atoms with Gasteiger partial charge in [0.05, 0.1) is 0 Å². The van der Waals surface area contributed by atoms with Crippen LogP contribution in [0.15, 0.2) is 146 Å². The number of hydrogen-bond acceptors (Lipinski definition) is 6. The predicted molar refractivity (Wildman–Crippen MR) is 283 cm³/mol. The highest BCUT2D eigenvalue weighted by atomic mass is 16.6. The molecule has 1 unspecified atom stereocenters. The van der Waals surface area contributed by atoms with Crippen molar-refractivity contribution in [2.75, 3.05) is 13.2 Å². The van der Waals surface area contributed by atoms with Crippen molar-refractivity contribution in [3.63, 3.8) is 0 Å². The van der Waals surface area contributed by atoms with Crippen LogP contribution in [0.3, 0.4) is 0 Å². The van der Waals surface area contributed by atoms with Gasteiger partial charge in [0, 0.05) is 19.3 Å². The van der Waals surface area contributed by atoms with E-state index in [1.54, 1.807) is 0 Å². The van der Waals surface area contributed by atoms with Crippen molar-refractivity contribution < 1.29 is 28.6 Å². The first-order valence-electron chi connectivity index (χ1n) is 25.9. The zero-order chi connectivity index (χ0) is 47.9. The van der Waals surface area contributed by atoms with E-state index < -0.39 is 6.10 Å². The Morgan fingerprint density at radius 1 is 0.333 bits per heavy atom. The number of unbranched alkanes of at least 4 members (excludes halogenated alkanes) is 13. The van der Waals surface area contributed by atoms with Crippen LogP contribution < -0.4 is 0 Å². The summed E-state index contributed by atoms with van der Waals surface area (Å²) in [6.45, 7) is 6.21. The SMILES string of the molecule is CC/C=C\C/C=C\C/C=C\C/C=C\CCCCCCCCC(=O)OCC(COC(=O)CCC/C=C\C/C=C\C/C=C\CC)OC(=O)CCCCCCC\C=C/C=C\C=C/C=C\C=C/CCC. The molecule has 0 amide bonds. The third-order valence-electron chi connectivity index (χ3n) is 10.2. The quantitative estimate of drug-likeness (QED) is 0.0199. The van der Waals surface area contributed by atoms with Crippen LogP contribution in [0.1, 0.15) is 194 Å². The van der Waals surface area contributed by atoms with Crippen LogP contribution in [0.5, 0.6) is 0 Å². The second kappa shape index (κ2) is 52.9. The van der Waals surface area contributed by atoms with Gasteiger partial charge in [-0.15, -0.1) is 0 Å². The molecule has 0 rings (SSSR count). The fourth-order valence-corrected chi connectivity index (χ4v) is 6.37. The molecule has 0 aromatic heterocycles. The molecule has 0 spiro atoms. The zero-order valence-electron chi connectivity index (χ0n) is 41.9. The van der Waals surface area contributed by atoms with Gasteiger partial charge in [-0.25, -0.2) is 0 Å². The molecule has 6 nitrogen and oxygen atoms in total. The summed E-state index contributed by atoms with van der Waals surface area (Å²) in [6.07, 6.45) is 75.5. The molecule has 0 aromatic carbocycles. The van der Waals surface area contributed by atoms with Crippen molar-refractivity contribution in [1.29, 1.82) is 0 Å². The lowest BCUT2D eigenvalue weighted by atomic mass is 10.1. The first-order valence-corrected chi connectivity index (χ1v) is 25.9. The summed E-state index contributed by atoms with van der Waals surface area (Å²) in [7, 11) is 0. The second-order valence-corrected chi connectivity index (χ2v) is 16.4. The topological polar surface area (TPSA) is 78.9 Å². The Morgan fingerprint density at radius 3 is 1.12 bits per heavy atom. The lowest BCUT2D eigenvalue weighted by Crippen LogP contribution is -2.30. The van der Waals surface area contributed by atoms with Crippen molar-refractivity contribution >= 4 is 17.9 Å². The minimum atomic E-state index is -0.824. The molecule has 0 saturated carbocycles. The Morgan fingerprint density at radius 2 is 0.667 bits per heavy atom. The van der Waals surface area contributed by atoms with E-state index in [-0.39, 0.29) is 44.0 Å². The summed E-state index contributed by atoms with van der Waals surface area (Å²) in [5.74, 6) is -1.03. The van der Waals surface area contributed by atoms with Gasteiger partial charge in [0.1, 0.15) is 13.2 Å². The number of hydrogen-bond donors (Lipinski definition) is 0. The van der Waals surface area contributed by atoms with E-state index >= 15 is 0 Å². The maximum absolute atomic E-state index is 12.8. The molecule has 0 aliphatic rings. The minimum Gasteiger partial charge on any atom is -0.462 e. The standard InChI is InChI=1S/C60H92O6/c1-4-7-10-13-16-19-22-24-26-28-30-32-33-35-38-41-44-47-50-53-59(62)65-56-57(55-64-58(61)52-49-46-43-40-37-21-18-15-12-9-6-3)66-60(63)54-51-48-45-42-39-36-34-31-29-27-25-23-20-17-14-11-8-5-2/h7,9-12,14,16-21,23-27,29-32,34,40,43,57H,4-6,8,13,15,22,28,33,35-39,41-42,44-56H2,1-3H3/b10-7-,12-9-,14-11-,19-16-,20-17-,21-18-,25-23-,26-24-,29-27-,32-30-,34-31-,43-40-. The Kier molecular flexibility index (Phi) is 49.1. The molecule has 0 saturated heterocycles. The zero-order valence-corrected chi connectivity index (χ0v) is 41.9. The van der Waals surface area contributed by atoms with Crippen LogP contribution in [0.25, 0.3) is 0 Å². The summed E-state index contributed by atoms with van der Waals surface area (Å²) in [6, 6.07) is 0. The van der Waals surface area contributed by atoms with Gasteiger partial charge in [-0.1, -0.05) is 218 Å². The lowest BCUT2D eigenvalue weighted by molar-refractivity contribution is -0.167. The maximum Gasteiger partial charge on any atom is 0.306 e. The molecule has 0 N–H and O–H groups in total. The van der Waals surface area contributed by atoms with E-state index in [2.05, 4.69) is 130 Å². The molecule has 0 aromatic rings. The van der Waals surface area contributed by atoms with Crippen LogP contribution in [0.2, 0.25) is 0 Å². The molecular formula is C60H92O6. The normalized spacial score (nSPS) is 13.3. The molecule has 0 fully saturated rings. The largest absolute Gasteiger partial charge is 0.462 e. The smallest absolute Gasteiger partial charge is 0.306 e. The van der Waals surface area contributed by atoms with Gasteiger partial charge in [-0.05, 0) is 103 Å². The van der Waals surface area contributed by atoms with Gasteiger partial charge in [-0.3, -0.25) is 14.4 Å². The third kappa shape index (κ3) is 50.3. The highest BCUT2D eigenvalue weighted by Gasteiger charge is 2.19. The van der Waals surface area contributed by atoms with Gasteiger partial charge >= 0.3 is 17.9 Å². The van der Waals surface area contributed by atoms with Crippen molar-refractivity contribution in [2.45, 2.75) is 200 Å². The molecule has 0 radical (unpaired) electrons. The third-order valence-corrected chi connectivity index (χ3v) is 10.2. The summed E-state index contributed by atoms with van der Waals surface area (Å²) in [5, 5.41) is 0. The van der Waals surface area contributed by atoms with Gasteiger partial charge in [0.25, 0.3) is 0 Å². The summed E-state index contributed by atoms with van der Waals surface area (Å²) in [5.41, 5.74) is 0. The predicted octanol–water partition coefficient (Wildman–Crippen LogP) is 17.3. The highest BCUT2D eigenvalue weighted by Crippen LogP contribution is 2.12. The molecule has 1 atom stereocenters. The molecule has 6 heteroatoms. The van der Waals surface area contributed by atoms with Gasteiger partial charge in [0.2, 0.25) is 0 Å². The number of allylic oxidation sites excluding steroid dienone is 24. The Hall–Kier alpha value is -4.71. The van der Waals surface area contributed by atoms with E-state index in [1.165, 1.54) is 19.3 Å². The van der Waals surface area contributed by atoms with Crippen LogP contribution in [-0.4, -0.2) is 37.2 Å². The van der Waals surface area contributed by atoms with Crippen molar-refractivity contribution in [1.82, 2.24) is 0 Å². The van der Waals surface area contributed by atoms with Gasteiger partial charge < -0.3 is 14.2 Å². The lowest BCUT2D eigenvalue weighted by Gasteiger charge is -2.18. The number of rotatable bonds is 44. The van der Waals surface area contributed by atoms with Crippen LogP contribution in [0.4, 0.5) is 0 Å². The molecule has 0 heterocycles. The number of esters is 3. The Bertz CT molecular complexity index is 1510. The Balaban J connectivity index is 4.52. The van der Waals surface area contributed by atoms with Gasteiger partial charge in [0.15, 0.2) is 6.10 Å². The van der Waals surface area contributed by atoms with E-state index in [1.807, 2.05) is 36.5 Å². The van der Waals surface area contributed by atoms with E-state index in [4.69, 9.17) is 14.2 Å². The van der Waals surface area contributed by atoms with Crippen LogP contribution in [0, 0.1) is 0 Å². The highest BCUT2D eigenvalue weighted by molar-refractivity contribution is 5.71. The second-order valence-electron chi connectivity index (χ2n) is 16.4. The molecule has 0 bridgehead atoms. The van der Waals surface area contributed by atoms with Crippen molar-refractivity contribution in [3.8, 4) is 0 Å². The van der Waals surface area contributed by atoms with Gasteiger partial charge in [-0.2, -0.15) is 0 Å². The molecule has 0 aliphatic carbocycles.